The zero-order chi connectivity index (χ0) is 19.1. The summed E-state index contributed by atoms with van der Waals surface area (Å²) in [4.78, 5) is 26.5. The zero-order valence-corrected chi connectivity index (χ0v) is 17.4. The Bertz CT molecular complexity index is 717. The minimum Gasteiger partial charge on any atom is -0.461 e. The predicted octanol–water partition coefficient (Wildman–Crippen LogP) is 0.444. The van der Waals surface area contributed by atoms with E-state index in [9.17, 15) is 9.59 Å². The molecule has 3 heterocycles. The van der Waals surface area contributed by atoms with Crippen LogP contribution < -0.4 is 5.73 Å². The summed E-state index contributed by atoms with van der Waals surface area (Å²) in [6, 6.07) is -0.536. The van der Waals surface area contributed by atoms with Gasteiger partial charge in [-0.05, 0) is 10.4 Å². The number of tetrazole rings is 1. The summed E-state index contributed by atoms with van der Waals surface area (Å²) in [7, 11) is 1.69. The molecule has 2 fully saturated rings. The van der Waals surface area contributed by atoms with Crippen molar-refractivity contribution in [3.05, 3.63) is 0 Å². The molecule has 0 aliphatic carbocycles. The maximum atomic E-state index is 12.8. The summed E-state index contributed by atoms with van der Waals surface area (Å²) in [5.74, 6) is 0.00171. The van der Waals surface area contributed by atoms with E-state index >= 15 is 0 Å². The fraction of sp³-hybridized carbons (Fsp3) is 0.750. The number of hydrogen-bond acceptors (Lipinski definition) is 9. The van der Waals surface area contributed by atoms with Crippen molar-refractivity contribution in [2.75, 3.05) is 24.7 Å². The minimum atomic E-state index is -1.71. The Morgan fingerprint density at radius 2 is 2.27 bits per heavy atom. The van der Waals surface area contributed by atoms with Crippen LogP contribution in [0.5, 0.6) is 0 Å². The molecule has 0 bridgehead atoms. The second-order valence-corrected chi connectivity index (χ2v) is 10.6. The Kier molecular flexibility index (Phi) is 5.86. The first-order valence-electron chi connectivity index (χ1n) is 7.40. The first kappa shape index (κ1) is 20.3. The molecule has 3 rings (SSSR count). The van der Waals surface area contributed by atoms with Gasteiger partial charge in [-0.2, -0.15) is 0 Å². The second-order valence-electron chi connectivity index (χ2n) is 6.04. The molecule has 0 radical (unpaired) electrons. The maximum Gasteiger partial charge on any atom is 0.315 e. The standard InChI is InChI=1S/C12H15Cl3N6O3S2/c1-20-10(17-18-19-20)26-5-11(9(23)24-3-12(13,14)15)2-21-7(22)6(16)8(21)25-4-11/h6,8H,2-5,16H2,1H3/t6?,8-,11?/m1/s1. The highest BCUT2D eigenvalue weighted by atomic mass is 35.6. The van der Waals surface area contributed by atoms with Gasteiger partial charge < -0.3 is 15.4 Å². The monoisotopic (exact) mass is 460 g/mol. The molecule has 26 heavy (non-hydrogen) atoms. The number of aryl methyl sites for hydroxylation is 1. The van der Waals surface area contributed by atoms with E-state index in [0.717, 1.165) is 0 Å². The summed E-state index contributed by atoms with van der Waals surface area (Å²) in [5.41, 5.74) is 4.83. The van der Waals surface area contributed by atoms with Crippen molar-refractivity contribution < 1.29 is 14.3 Å². The van der Waals surface area contributed by atoms with Gasteiger partial charge in [0.2, 0.25) is 14.9 Å². The van der Waals surface area contributed by atoms with Crippen molar-refractivity contribution in [1.29, 1.82) is 0 Å². The summed E-state index contributed by atoms with van der Waals surface area (Å²) in [6.07, 6.45) is 0. The van der Waals surface area contributed by atoms with E-state index < -0.39 is 21.2 Å². The molecule has 1 aromatic heterocycles. The molecule has 2 saturated heterocycles. The number of β-lactam (4-membered cyclic amide) rings is 1. The number of hydrogen-bond donors (Lipinski definition) is 1. The molecule has 0 spiro atoms. The van der Waals surface area contributed by atoms with Gasteiger partial charge in [-0.1, -0.05) is 46.6 Å². The molecule has 9 nitrogen and oxygen atoms in total. The lowest BCUT2D eigenvalue weighted by atomic mass is 9.89. The highest BCUT2D eigenvalue weighted by Crippen LogP contribution is 2.44. The van der Waals surface area contributed by atoms with Crippen LogP contribution in [0.3, 0.4) is 0 Å². The second kappa shape index (κ2) is 7.51. The van der Waals surface area contributed by atoms with E-state index in [1.807, 2.05) is 0 Å². The molecule has 0 aromatic carbocycles. The lowest BCUT2D eigenvalue weighted by Gasteiger charge is -2.53. The summed E-state index contributed by atoms with van der Waals surface area (Å²) >= 11 is 19.8. The molecule has 1 amide bonds. The van der Waals surface area contributed by atoms with Gasteiger partial charge in [0.25, 0.3) is 0 Å². The van der Waals surface area contributed by atoms with Gasteiger partial charge in [0.1, 0.15) is 23.4 Å². The number of nitrogens with two attached hydrogens (primary N) is 1. The number of carbonyl (C=O) groups excluding carboxylic acids is 2. The number of thioether (sulfide) groups is 2. The summed E-state index contributed by atoms with van der Waals surface area (Å²) < 4.78 is 5.01. The average Bonchev–Trinajstić information content (AvgIpc) is 3.01. The highest BCUT2D eigenvalue weighted by molar-refractivity contribution is 8.00. The third-order valence-corrected chi connectivity index (χ3v) is 7.28. The Hall–Kier alpha value is -0.460. The number of nitrogens with zero attached hydrogens (tertiary/aromatic N) is 5. The van der Waals surface area contributed by atoms with Crippen LogP contribution in [0.25, 0.3) is 0 Å². The number of carbonyl (C=O) groups is 2. The average molecular weight is 462 g/mol. The fourth-order valence-corrected chi connectivity index (χ4v) is 5.46. The van der Waals surface area contributed by atoms with Gasteiger partial charge in [0, 0.05) is 25.1 Å². The molecule has 0 saturated carbocycles. The van der Waals surface area contributed by atoms with E-state index in [1.54, 1.807) is 11.9 Å². The van der Waals surface area contributed by atoms with Crippen LogP contribution in [0.2, 0.25) is 0 Å². The van der Waals surface area contributed by atoms with Crippen LogP contribution in [0.4, 0.5) is 0 Å². The molecule has 14 heteroatoms. The zero-order valence-electron chi connectivity index (χ0n) is 13.5. The molecule has 144 valence electrons. The largest absolute Gasteiger partial charge is 0.461 e. The lowest BCUT2D eigenvalue weighted by molar-refractivity contribution is -0.159. The van der Waals surface area contributed by atoms with Crippen LogP contribution >= 0.6 is 58.3 Å². The van der Waals surface area contributed by atoms with Gasteiger partial charge in [-0.15, -0.1) is 16.9 Å². The first-order valence-corrected chi connectivity index (χ1v) is 10.6. The third-order valence-electron chi connectivity index (χ3n) is 4.04. The number of halogens is 3. The van der Waals surface area contributed by atoms with Crippen molar-refractivity contribution in [3.8, 4) is 0 Å². The van der Waals surface area contributed by atoms with Crippen LogP contribution in [0.15, 0.2) is 5.16 Å². The number of fused-ring (bicyclic) bond motifs is 1. The molecular weight excluding hydrogens is 447 g/mol. The smallest absolute Gasteiger partial charge is 0.315 e. The van der Waals surface area contributed by atoms with Crippen LogP contribution in [0, 0.1) is 5.41 Å². The maximum absolute atomic E-state index is 12.8. The Morgan fingerprint density at radius 3 is 2.88 bits per heavy atom. The Morgan fingerprint density at radius 1 is 1.54 bits per heavy atom. The van der Waals surface area contributed by atoms with Gasteiger partial charge in [0.05, 0.1) is 0 Å². The van der Waals surface area contributed by atoms with Crippen molar-refractivity contribution in [1.82, 2.24) is 25.1 Å². The van der Waals surface area contributed by atoms with Gasteiger partial charge in [0.15, 0.2) is 0 Å². The number of alkyl halides is 3. The normalized spacial score (nSPS) is 28.5. The molecule has 2 unspecified atom stereocenters. The van der Waals surface area contributed by atoms with Gasteiger partial charge >= 0.3 is 5.97 Å². The van der Waals surface area contributed by atoms with E-state index in [4.69, 9.17) is 45.3 Å². The molecule has 2 N–H and O–H groups in total. The Labute approximate surface area is 172 Å². The quantitative estimate of drug-likeness (QED) is 0.288. The molecule has 3 atom stereocenters. The first-order chi connectivity index (χ1) is 12.1. The topological polar surface area (TPSA) is 116 Å². The molecule has 2 aliphatic heterocycles. The Balaban J connectivity index is 1.76. The number of aromatic nitrogens is 4. The number of esters is 1. The van der Waals surface area contributed by atoms with E-state index in [1.165, 1.54) is 28.2 Å². The summed E-state index contributed by atoms with van der Waals surface area (Å²) in [6.45, 7) is -0.190. The SMILES string of the molecule is Cn1nnnc1SCC1(C(=O)OCC(Cl)(Cl)Cl)CS[C@@H]2C(N)C(=O)N2C1. The fourth-order valence-electron chi connectivity index (χ4n) is 2.65. The predicted molar refractivity (Wildman–Crippen MR) is 99.1 cm³/mol. The van der Waals surface area contributed by atoms with Crippen LogP contribution in [-0.2, 0) is 21.4 Å². The number of rotatable bonds is 5. The number of ether oxygens (including phenoxy) is 1. The number of amides is 1. The molecular formula is C12H15Cl3N6O3S2. The van der Waals surface area contributed by atoms with Gasteiger partial charge in [-0.25, -0.2) is 4.68 Å². The summed E-state index contributed by atoms with van der Waals surface area (Å²) in [5, 5.41) is 11.6. The van der Waals surface area contributed by atoms with E-state index in [2.05, 4.69) is 15.5 Å². The minimum absolute atomic E-state index is 0.127. The van der Waals surface area contributed by atoms with Crippen LogP contribution in [0.1, 0.15) is 0 Å². The third kappa shape index (κ3) is 4.02. The van der Waals surface area contributed by atoms with Crippen molar-refractivity contribution in [2.45, 2.75) is 20.4 Å². The van der Waals surface area contributed by atoms with E-state index in [0.29, 0.717) is 16.7 Å². The van der Waals surface area contributed by atoms with Gasteiger partial charge in [-0.3, -0.25) is 9.59 Å². The van der Waals surface area contributed by atoms with Crippen molar-refractivity contribution in [2.24, 2.45) is 18.2 Å². The van der Waals surface area contributed by atoms with Crippen LogP contribution in [-0.4, -0.2) is 76.8 Å². The van der Waals surface area contributed by atoms with Crippen molar-refractivity contribution >= 4 is 70.2 Å². The highest BCUT2D eigenvalue weighted by Gasteiger charge is 2.56. The van der Waals surface area contributed by atoms with Crippen molar-refractivity contribution in [3.63, 3.8) is 0 Å². The molecule has 2 aliphatic rings. The lowest BCUT2D eigenvalue weighted by Crippen LogP contribution is -2.72. The molecule has 1 aromatic rings. The van der Waals surface area contributed by atoms with E-state index in [-0.39, 0.29) is 24.4 Å².